The summed E-state index contributed by atoms with van der Waals surface area (Å²) < 4.78 is 28.8. The molecular formula is C10H11O7Sb. The molecule has 0 aliphatic carbocycles. The number of rotatable bonds is 5. The summed E-state index contributed by atoms with van der Waals surface area (Å²) in [6.07, 6.45) is -0.234. The third-order valence-corrected chi connectivity index (χ3v) is 5.08. The Kier molecular flexibility index (Phi) is 4.56. The maximum absolute atomic E-state index is 11.0. The van der Waals surface area contributed by atoms with Gasteiger partial charge in [-0.25, -0.2) is 0 Å². The standard InChI is InChI=1S/C10H9O4.2H2O.O.Sb/c11-9(12)8(10(13)14)6-7-4-2-1-3-5-7;;;;/h2-5,8H,6H2,(H,11,12)(H,13,14);2*1H2;;/q;;;;+2/p-2. The van der Waals surface area contributed by atoms with Crippen molar-refractivity contribution >= 4 is 35.1 Å². The van der Waals surface area contributed by atoms with E-state index in [-0.39, 0.29) is 9.93 Å². The third-order valence-electron chi connectivity index (χ3n) is 2.31. The fourth-order valence-corrected chi connectivity index (χ4v) is 2.88. The molecule has 1 rings (SSSR count). The molecular weight excluding hydrogens is 354 g/mol. The van der Waals surface area contributed by atoms with Gasteiger partial charge in [0.05, 0.1) is 0 Å². The van der Waals surface area contributed by atoms with Crippen LogP contribution in [0.25, 0.3) is 0 Å². The number of carboxylic acids is 2. The van der Waals surface area contributed by atoms with Crippen molar-refractivity contribution in [1.82, 2.24) is 0 Å². The second-order valence-electron chi connectivity index (χ2n) is 3.64. The van der Waals surface area contributed by atoms with Crippen molar-refractivity contribution in [1.29, 1.82) is 0 Å². The fraction of sp³-hybridized carbons (Fsp3) is 0.200. The van der Waals surface area contributed by atoms with Crippen LogP contribution in [0.15, 0.2) is 24.3 Å². The van der Waals surface area contributed by atoms with Crippen LogP contribution in [0, 0.1) is 5.92 Å². The van der Waals surface area contributed by atoms with Gasteiger partial charge in [-0.05, 0) is 0 Å². The second kappa shape index (κ2) is 5.56. The molecule has 0 amide bonds. The fourth-order valence-electron chi connectivity index (χ4n) is 1.34. The first kappa shape index (κ1) is 14.8. The van der Waals surface area contributed by atoms with Crippen molar-refractivity contribution < 1.29 is 29.6 Å². The van der Waals surface area contributed by atoms with Gasteiger partial charge in [-0.1, -0.05) is 0 Å². The molecule has 0 atom stereocenters. The van der Waals surface area contributed by atoms with Crippen LogP contribution >= 0.6 is 0 Å². The van der Waals surface area contributed by atoms with Crippen LogP contribution in [0.2, 0.25) is 0 Å². The zero-order valence-corrected chi connectivity index (χ0v) is 11.6. The summed E-state index contributed by atoms with van der Waals surface area (Å²) >= 11 is -5.24. The average molecular weight is 365 g/mol. The van der Waals surface area contributed by atoms with Gasteiger partial charge in [0.25, 0.3) is 0 Å². The summed E-state index contributed by atoms with van der Waals surface area (Å²) in [7, 11) is 0. The summed E-state index contributed by atoms with van der Waals surface area (Å²) in [5.41, 5.74) is 0.391. The van der Waals surface area contributed by atoms with Crippen LogP contribution in [0.3, 0.4) is 0 Å². The molecule has 0 radical (unpaired) electrons. The van der Waals surface area contributed by atoms with Gasteiger partial charge in [0.1, 0.15) is 0 Å². The monoisotopic (exact) mass is 364 g/mol. The number of carbonyl (C=O) groups is 2. The zero-order valence-electron chi connectivity index (χ0n) is 9.05. The summed E-state index contributed by atoms with van der Waals surface area (Å²) in [5, 5.41) is 17.4. The summed E-state index contributed by atoms with van der Waals surface area (Å²) in [6, 6.07) is 5.02. The zero-order chi connectivity index (χ0) is 13.9. The molecule has 98 valence electrons. The second-order valence-corrected chi connectivity index (χ2v) is 8.22. The van der Waals surface area contributed by atoms with Crippen LogP contribution in [0.4, 0.5) is 0 Å². The Hall–Kier alpha value is -1.30. The molecule has 8 heteroatoms. The Morgan fingerprint density at radius 1 is 1.06 bits per heavy atom. The normalized spacial score (nSPS) is 11.5. The molecule has 0 aliphatic rings. The van der Waals surface area contributed by atoms with Gasteiger partial charge in [0, 0.05) is 0 Å². The van der Waals surface area contributed by atoms with Crippen LogP contribution in [-0.4, -0.2) is 48.6 Å². The van der Waals surface area contributed by atoms with Crippen molar-refractivity contribution in [2.24, 2.45) is 5.92 Å². The van der Waals surface area contributed by atoms with Crippen LogP contribution < -0.4 is 3.51 Å². The molecule has 4 N–H and O–H groups in total. The van der Waals surface area contributed by atoms with Crippen molar-refractivity contribution in [3.63, 3.8) is 0 Å². The predicted molar refractivity (Wildman–Crippen MR) is 59.4 cm³/mol. The Labute approximate surface area is 107 Å². The van der Waals surface area contributed by atoms with Crippen molar-refractivity contribution in [3.05, 3.63) is 29.8 Å². The minimum absolute atomic E-state index is 0.112. The number of carboxylic acid groups (broad SMARTS) is 2. The van der Waals surface area contributed by atoms with Gasteiger partial charge in [0.15, 0.2) is 0 Å². The first-order valence-electron chi connectivity index (χ1n) is 4.82. The van der Waals surface area contributed by atoms with Crippen molar-refractivity contribution in [3.8, 4) is 0 Å². The van der Waals surface area contributed by atoms with E-state index in [1.807, 2.05) is 0 Å². The van der Waals surface area contributed by atoms with E-state index in [1.54, 1.807) is 0 Å². The SMILES string of the molecule is O=C(O)C(Cc1cc[c]([Sb](=[O])([OH])[OH])cc1)C(=O)O. The maximum atomic E-state index is 11.0. The Morgan fingerprint density at radius 3 is 1.83 bits per heavy atom. The number of hydrogen-bond donors (Lipinski definition) is 4. The van der Waals surface area contributed by atoms with E-state index < -0.39 is 37.5 Å². The number of aliphatic carboxylic acids is 2. The molecule has 0 bridgehead atoms. The molecule has 0 spiro atoms. The molecule has 0 saturated heterocycles. The number of benzene rings is 1. The molecule has 0 saturated carbocycles. The summed E-state index contributed by atoms with van der Waals surface area (Å²) in [6.45, 7) is 0. The van der Waals surface area contributed by atoms with Gasteiger partial charge in [-0.15, -0.1) is 0 Å². The van der Waals surface area contributed by atoms with Crippen LogP contribution in [0.5, 0.6) is 0 Å². The topological polar surface area (TPSA) is 132 Å². The molecule has 0 heterocycles. The van der Waals surface area contributed by atoms with Crippen molar-refractivity contribution in [2.45, 2.75) is 6.42 Å². The van der Waals surface area contributed by atoms with E-state index in [4.69, 9.17) is 17.0 Å². The molecule has 1 aromatic carbocycles. The summed E-state index contributed by atoms with van der Waals surface area (Å²) in [4.78, 5) is 21.3. The van der Waals surface area contributed by atoms with Crippen LogP contribution in [0.1, 0.15) is 5.56 Å². The first-order valence-corrected chi connectivity index (χ1v) is 9.42. The molecule has 0 fully saturated rings. The molecule has 0 aromatic heterocycles. The van der Waals surface area contributed by atoms with E-state index in [0.717, 1.165) is 0 Å². The quantitative estimate of drug-likeness (QED) is 0.372. The van der Waals surface area contributed by atoms with Gasteiger partial charge >= 0.3 is 107 Å². The van der Waals surface area contributed by atoms with E-state index in [1.165, 1.54) is 24.3 Å². The summed E-state index contributed by atoms with van der Waals surface area (Å²) in [5.74, 6) is -4.47. The van der Waals surface area contributed by atoms with Crippen molar-refractivity contribution in [2.75, 3.05) is 0 Å². The van der Waals surface area contributed by atoms with E-state index in [0.29, 0.717) is 5.56 Å². The van der Waals surface area contributed by atoms with E-state index >= 15 is 0 Å². The molecule has 7 nitrogen and oxygen atoms in total. The molecule has 0 unspecified atom stereocenters. The Morgan fingerprint density at radius 2 is 1.50 bits per heavy atom. The Balaban J connectivity index is 2.90. The van der Waals surface area contributed by atoms with E-state index in [2.05, 4.69) is 0 Å². The van der Waals surface area contributed by atoms with Crippen LogP contribution in [-0.2, 0) is 19.0 Å². The van der Waals surface area contributed by atoms with Gasteiger partial charge < -0.3 is 0 Å². The minimum atomic E-state index is -5.24. The molecule has 18 heavy (non-hydrogen) atoms. The third kappa shape index (κ3) is 3.87. The molecule has 1 aromatic rings. The molecule has 0 aliphatic heterocycles. The van der Waals surface area contributed by atoms with Gasteiger partial charge in [-0.2, -0.15) is 0 Å². The van der Waals surface area contributed by atoms with E-state index in [9.17, 15) is 12.6 Å². The number of hydrogen-bond acceptors (Lipinski definition) is 3. The predicted octanol–water partition coefficient (Wildman–Crippen LogP) is -1.42. The average Bonchev–Trinajstić information content (AvgIpc) is 2.24. The van der Waals surface area contributed by atoms with Gasteiger partial charge in [-0.3, -0.25) is 0 Å². The van der Waals surface area contributed by atoms with Gasteiger partial charge in [0.2, 0.25) is 0 Å². The Bertz CT molecular complexity index is 487. The first-order chi connectivity index (χ1) is 8.21.